The third-order valence-corrected chi connectivity index (χ3v) is 6.67. The largest absolute Gasteiger partial charge is 0.478 e. The summed E-state index contributed by atoms with van der Waals surface area (Å²) in [6.45, 7) is 6.48. The summed E-state index contributed by atoms with van der Waals surface area (Å²) >= 11 is 0. The number of aromatic nitrogens is 3. The highest BCUT2D eigenvalue weighted by Gasteiger charge is 2.33. The molecule has 0 bridgehead atoms. The van der Waals surface area contributed by atoms with Crippen LogP contribution < -0.4 is 5.32 Å². The number of benzene rings is 2. The van der Waals surface area contributed by atoms with Crippen LogP contribution >= 0.6 is 0 Å². The molecule has 0 saturated heterocycles. The molecule has 0 radical (unpaired) electrons. The molecule has 4 rings (SSSR count). The number of unbranched alkanes of at least 4 members (excludes halogenated alkanes) is 1. The molecular formula is C30H32N4O4. The van der Waals surface area contributed by atoms with Gasteiger partial charge in [0.15, 0.2) is 11.8 Å². The van der Waals surface area contributed by atoms with E-state index in [0.29, 0.717) is 17.8 Å². The molecule has 1 atom stereocenters. The number of carboxylic acids is 1. The summed E-state index contributed by atoms with van der Waals surface area (Å²) in [5, 5.41) is 16.3. The van der Waals surface area contributed by atoms with Gasteiger partial charge < -0.3 is 15.0 Å². The minimum absolute atomic E-state index is 0.106. The van der Waals surface area contributed by atoms with Gasteiger partial charge in [0.25, 0.3) is 5.91 Å². The van der Waals surface area contributed by atoms with E-state index < -0.39 is 23.7 Å². The Morgan fingerprint density at radius 3 is 2.34 bits per heavy atom. The Kier molecular flexibility index (Phi) is 8.21. The van der Waals surface area contributed by atoms with E-state index in [0.717, 1.165) is 47.1 Å². The molecule has 0 saturated carbocycles. The summed E-state index contributed by atoms with van der Waals surface area (Å²) in [7, 11) is 0. The molecule has 0 aliphatic heterocycles. The van der Waals surface area contributed by atoms with Crippen LogP contribution in [0.2, 0.25) is 0 Å². The van der Waals surface area contributed by atoms with E-state index >= 15 is 0 Å². The first kappa shape index (κ1) is 26.6. The Bertz CT molecular complexity index is 1430. The number of anilines is 1. The fourth-order valence-corrected chi connectivity index (χ4v) is 4.50. The van der Waals surface area contributed by atoms with Gasteiger partial charge in [-0.2, -0.15) is 5.10 Å². The van der Waals surface area contributed by atoms with Crippen molar-refractivity contribution in [2.45, 2.75) is 52.6 Å². The quantitative estimate of drug-likeness (QED) is 0.205. The third kappa shape index (κ3) is 5.91. The van der Waals surface area contributed by atoms with E-state index in [1.165, 1.54) is 11.8 Å². The molecule has 2 N–H and O–H groups in total. The van der Waals surface area contributed by atoms with Crippen LogP contribution in [0.5, 0.6) is 0 Å². The number of carbonyl (C=O) groups excluding carboxylic acids is 2. The van der Waals surface area contributed by atoms with Gasteiger partial charge in [-0.1, -0.05) is 55.8 Å². The summed E-state index contributed by atoms with van der Waals surface area (Å²) in [5.41, 5.74) is 4.69. The summed E-state index contributed by atoms with van der Waals surface area (Å²) in [6.07, 6.45) is 5.47. The maximum absolute atomic E-state index is 13.9. The number of amides is 1. The lowest BCUT2D eigenvalue weighted by Crippen LogP contribution is -2.33. The van der Waals surface area contributed by atoms with Crippen LogP contribution in [0, 0.1) is 13.8 Å². The predicted octanol–water partition coefficient (Wildman–Crippen LogP) is 5.45. The Hall–Kier alpha value is -4.46. The average Bonchev–Trinajstić information content (AvgIpc) is 3.50. The number of hydrogen-bond acceptors (Lipinski definition) is 4. The molecule has 2 aromatic heterocycles. The highest BCUT2D eigenvalue weighted by atomic mass is 16.4. The first-order chi connectivity index (χ1) is 18.3. The van der Waals surface area contributed by atoms with E-state index in [4.69, 9.17) is 0 Å². The predicted molar refractivity (Wildman–Crippen MR) is 146 cm³/mol. The fraction of sp³-hybridized carbons (Fsp3) is 0.267. The molecule has 0 aliphatic carbocycles. The van der Waals surface area contributed by atoms with Gasteiger partial charge in [0.2, 0.25) is 0 Å². The number of Topliss-reactive ketones (excluding diaryl/α,β-unsaturated/α-hetero) is 1. The minimum Gasteiger partial charge on any atom is -0.478 e. The first-order valence-corrected chi connectivity index (χ1v) is 12.7. The zero-order valence-corrected chi connectivity index (χ0v) is 21.8. The molecule has 1 unspecified atom stereocenters. The zero-order chi connectivity index (χ0) is 27.2. The van der Waals surface area contributed by atoms with Crippen LogP contribution in [0.1, 0.15) is 69.0 Å². The number of hydrogen-bond donors (Lipinski definition) is 2. The van der Waals surface area contributed by atoms with Crippen molar-refractivity contribution in [2.24, 2.45) is 0 Å². The van der Waals surface area contributed by atoms with Gasteiger partial charge in [-0.05, 0) is 56.0 Å². The molecule has 2 aromatic carbocycles. The van der Waals surface area contributed by atoms with Crippen molar-refractivity contribution in [3.63, 3.8) is 0 Å². The lowest BCUT2D eigenvalue weighted by Gasteiger charge is -2.17. The van der Waals surface area contributed by atoms with Crippen LogP contribution in [-0.4, -0.2) is 37.1 Å². The Morgan fingerprint density at radius 1 is 1.00 bits per heavy atom. The van der Waals surface area contributed by atoms with Crippen LogP contribution in [0.25, 0.3) is 0 Å². The van der Waals surface area contributed by atoms with E-state index in [1.54, 1.807) is 6.07 Å². The van der Waals surface area contributed by atoms with E-state index in [2.05, 4.69) is 17.3 Å². The topological polar surface area (TPSA) is 106 Å². The molecule has 38 heavy (non-hydrogen) atoms. The van der Waals surface area contributed by atoms with Gasteiger partial charge >= 0.3 is 5.97 Å². The molecule has 1 amide bonds. The molecule has 0 spiro atoms. The number of nitrogens with zero attached hydrogens (tertiary/aromatic N) is 3. The van der Waals surface area contributed by atoms with Crippen LogP contribution in [0.4, 0.5) is 5.69 Å². The molecule has 196 valence electrons. The van der Waals surface area contributed by atoms with Crippen LogP contribution in [0.3, 0.4) is 0 Å². The van der Waals surface area contributed by atoms with E-state index in [9.17, 15) is 19.5 Å². The second-order valence-electron chi connectivity index (χ2n) is 9.43. The minimum atomic E-state index is -1.38. The Balaban J connectivity index is 1.65. The van der Waals surface area contributed by atoms with Crippen molar-refractivity contribution >= 4 is 23.3 Å². The summed E-state index contributed by atoms with van der Waals surface area (Å²) in [6, 6.07) is 17.8. The Morgan fingerprint density at radius 2 is 1.71 bits per heavy atom. The number of aromatic carboxylic acids is 1. The lowest BCUT2D eigenvalue weighted by atomic mass is 10.0. The normalized spacial score (nSPS) is 11.8. The van der Waals surface area contributed by atoms with Crippen molar-refractivity contribution in [3.8, 4) is 0 Å². The molecule has 0 fully saturated rings. The number of carboxylic acid groups (broad SMARTS) is 1. The van der Waals surface area contributed by atoms with Gasteiger partial charge in [0.05, 0.1) is 11.8 Å². The van der Waals surface area contributed by atoms with Crippen molar-refractivity contribution < 1.29 is 19.5 Å². The summed E-state index contributed by atoms with van der Waals surface area (Å²) in [5.74, 6) is -2.25. The van der Waals surface area contributed by atoms with Crippen molar-refractivity contribution in [3.05, 3.63) is 107 Å². The van der Waals surface area contributed by atoms with Gasteiger partial charge in [0.1, 0.15) is 0 Å². The summed E-state index contributed by atoms with van der Waals surface area (Å²) < 4.78 is 3.15. The van der Waals surface area contributed by atoms with Gasteiger partial charge in [-0.15, -0.1) is 0 Å². The smallest absolute Gasteiger partial charge is 0.338 e. The number of ketones is 1. The lowest BCUT2D eigenvalue weighted by molar-refractivity contribution is -0.118. The number of rotatable bonds is 11. The van der Waals surface area contributed by atoms with E-state index in [-0.39, 0.29) is 5.56 Å². The number of nitrogens with one attached hydrogen (secondary N) is 1. The van der Waals surface area contributed by atoms with Gasteiger partial charge in [-0.3, -0.25) is 14.3 Å². The Labute approximate surface area is 221 Å². The molecule has 8 heteroatoms. The molecule has 0 aliphatic rings. The standard InChI is InChI=1S/C30H32N4O4/c1-4-5-9-22-12-14-25(15-13-22)32-29(36)27(34-19-24(17-31-34)30(37)38)28(35)26-16-20(2)33(21(26)3)18-23-10-7-6-8-11-23/h6-8,10-17,19,27H,4-5,9,18H2,1-3H3,(H,32,36)(H,37,38). The molecule has 4 aromatic rings. The maximum atomic E-state index is 13.9. The SMILES string of the molecule is CCCCc1ccc(NC(=O)C(C(=O)c2cc(C)n(Cc3ccccc3)c2C)n2cc(C(=O)O)cn2)cc1. The van der Waals surface area contributed by atoms with Crippen molar-refractivity contribution in [1.29, 1.82) is 0 Å². The molecule has 2 heterocycles. The van der Waals surface area contributed by atoms with Gasteiger partial charge in [0, 0.05) is 35.4 Å². The zero-order valence-electron chi connectivity index (χ0n) is 21.8. The number of carbonyl (C=O) groups is 3. The summed E-state index contributed by atoms with van der Waals surface area (Å²) in [4.78, 5) is 38.9. The van der Waals surface area contributed by atoms with Crippen LogP contribution in [-0.2, 0) is 17.8 Å². The highest BCUT2D eigenvalue weighted by molar-refractivity contribution is 6.15. The average molecular weight is 513 g/mol. The van der Waals surface area contributed by atoms with Crippen molar-refractivity contribution in [1.82, 2.24) is 14.3 Å². The number of aryl methyl sites for hydroxylation is 2. The second kappa shape index (κ2) is 11.7. The molecule has 8 nitrogen and oxygen atoms in total. The molecular weight excluding hydrogens is 480 g/mol. The monoisotopic (exact) mass is 512 g/mol. The third-order valence-electron chi connectivity index (χ3n) is 6.67. The fourth-order valence-electron chi connectivity index (χ4n) is 4.50. The van der Waals surface area contributed by atoms with Gasteiger partial charge in [-0.25, -0.2) is 4.79 Å². The van der Waals surface area contributed by atoms with Crippen LogP contribution in [0.15, 0.2) is 73.1 Å². The highest BCUT2D eigenvalue weighted by Crippen LogP contribution is 2.24. The van der Waals surface area contributed by atoms with E-state index in [1.807, 2.05) is 73.0 Å². The van der Waals surface area contributed by atoms with Crippen molar-refractivity contribution in [2.75, 3.05) is 5.32 Å². The first-order valence-electron chi connectivity index (χ1n) is 12.7. The maximum Gasteiger partial charge on any atom is 0.338 e. The second-order valence-corrected chi connectivity index (χ2v) is 9.43.